The third-order valence-corrected chi connectivity index (χ3v) is 4.83. The van der Waals surface area contributed by atoms with Crippen LogP contribution in [-0.4, -0.2) is 40.4 Å². The lowest BCUT2D eigenvalue weighted by Crippen LogP contribution is -2.06. The first-order valence-electron chi connectivity index (χ1n) is 10.3. The Labute approximate surface area is 180 Å². The summed E-state index contributed by atoms with van der Waals surface area (Å²) < 4.78 is 13.4. The lowest BCUT2D eigenvalue weighted by Gasteiger charge is -2.11. The van der Waals surface area contributed by atoms with Crippen molar-refractivity contribution in [2.24, 2.45) is 0 Å². The number of aromatic nitrogens is 2. The number of aliphatic carboxylic acids is 1. The number of hydrogen-bond donors (Lipinski definition) is 1. The zero-order valence-electron chi connectivity index (χ0n) is 17.1. The molecule has 0 amide bonds. The highest BCUT2D eigenvalue weighted by Crippen LogP contribution is 2.30. The van der Waals surface area contributed by atoms with Crippen LogP contribution in [0.15, 0.2) is 78.9 Å². The Bertz CT molecular complexity index is 1140. The molecule has 0 aliphatic heterocycles. The first kappa shape index (κ1) is 20.6. The van der Waals surface area contributed by atoms with Crippen molar-refractivity contribution in [3.05, 3.63) is 78.9 Å². The molecule has 0 bridgehead atoms. The van der Waals surface area contributed by atoms with Crippen LogP contribution >= 0.6 is 0 Å². The summed E-state index contributed by atoms with van der Waals surface area (Å²) in [6, 6.07) is 26.2. The predicted octanol–water partition coefficient (Wildman–Crippen LogP) is 4.95. The minimum absolute atomic E-state index is 0.0186. The maximum absolute atomic E-state index is 10.5. The number of imidazole rings is 1. The zero-order chi connectivity index (χ0) is 21.5. The van der Waals surface area contributed by atoms with Gasteiger partial charge in [0.05, 0.1) is 30.7 Å². The van der Waals surface area contributed by atoms with E-state index in [9.17, 15) is 4.79 Å². The summed E-state index contributed by atoms with van der Waals surface area (Å²) in [5.41, 5.74) is 3.95. The maximum atomic E-state index is 10.5. The van der Waals surface area contributed by atoms with Gasteiger partial charge < -0.3 is 14.6 Å². The molecule has 158 valence electrons. The van der Waals surface area contributed by atoms with E-state index < -0.39 is 5.97 Å². The molecule has 0 saturated carbocycles. The third kappa shape index (κ3) is 5.10. The van der Waals surface area contributed by atoms with Crippen LogP contribution < -0.4 is 4.74 Å². The first-order chi connectivity index (χ1) is 15.2. The van der Waals surface area contributed by atoms with Crippen LogP contribution in [0.2, 0.25) is 0 Å². The van der Waals surface area contributed by atoms with Crippen LogP contribution in [0.25, 0.3) is 28.1 Å². The molecule has 0 fully saturated rings. The first-order valence-corrected chi connectivity index (χ1v) is 10.3. The Morgan fingerprint density at radius 2 is 1.65 bits per heavy atom. The molecule has 4 aromatic rings. The number of para-hydroxylation sites is 1. The van der Waals surface area contributed by atoms with Crippen molar-refractivity contribution in [1.82, 2.24) is 9.55 Å². The fourth-order valence-corrected chi connectivity index (χ4v) is 3.38. The SMILES string of the molecule is O=C(O)CCOCCCOc1ccc2nc(-c3ccccc3)n(-c3ccccc3)c2c1. The Morgan fingerprint density at radius 3 is 2.39 bits per heavy atom. The van der Waals surface area contributed by atoms with Crippen LogP contribution in [0.5, 0.6) is 5.75 Å². The average molecular weight is 416 g/mol. The molecule has 0 aliphatic rings. The van der Waals surface area contributed by atoms with Gasteiger partial charge in [-0.05, 0) is 24.3 Å². The number of carbonyl (C=O) groups is 1. The fourth-order valence-electron chi connectivity index (χ4n) is 3.38. The Morgan fingerprint density at radius 1 is 0.903 bits per heavy atom. The molecule has 0 spiro atoms. The van der Waals surface area contributed by atoms with Gasteiger partial charge in [0.15, 0.2) is 0 Å². The number of hydrogen-bond acceptors (Lipinski definition) is 4. The Balaban J connectivity index is 1.55. The minimum atomic E-state index is -0.852. The summed E-state index contributed by atoms with van der Waals surface area (Å²) in [5, 5.41) is 8.62. The molecule has 6 nitrogen and oxygen atoms in total. The van der Waals surface area contributed by atoms with Gasteiger partial charge >= 0.3 is 5.97 Å². The molecule has 1 heterocycles. The van der Waals surface area contributed by atoms with Crippen LogP contribution in [-0.2, 0) is 9.53 Å². The number of benzene rings is 3. The molecule has 4 rings (SSSR count). The van der Waals surface area contributed by atoms with Crippen molar-refractivity contribution in [3.8, 4) is 22.8 Å². The van der Waals surface area contributed by atoms with Crippen molar-refractivity contribution in [2.75, 3.05) is 19.8 Å². The molecular formula is C25H24N2O4. The van der Waals surface area contributed by atoms with Crippen LogP contribution in [0.4, 0.5) is 0 Å². The van der Waals surface area contributed by atoms with E-state index in [4.69, 9.17) is 19.6 Å². The van der Waals surface area contributed by atoms with Crippen molar-refractivity contribution in [3.63, 3.8) is 0 Å². The lowest BCUT2D eigenvalue weighted by atomic mass is 10.2. The highest BCUT2D eigenvalue weighted by molar-refractivity contribution is 5.84. The van der Waals surface area contributed by atoms with Gasteiger partial charge in [-0.15, -0.1) is 0 Å². The standard InChI is InChI=1S/C25H24N2O4/c28-24(29)14-17-30-15-7-16-31-21-12-13-22-23(18-21)27(20-10-5-2-6-11-20)25(26-22)19-8-3-1-4-9-19/h1-6,8-13,18H,7,14-17H2,(H,28,29). The van der Waals surface area contributed by atoms with Gasteiger partial charge in [-0.2, -0.15) is 0 Å². The molecule has 1 N–H and O–H groups in total. The largest absolute Gasteiger partial charge is 0.493 e. The van der Waals surface area contributed by atoms with Gasteiger partial charge in [0, 0.05) is 30.3 Å². The number of nitrogens with zero attached hydrogens (tertiary/aromatic N) is 2. The molecule has 6 heteroatoms. The van der Waals surface area contributed by atoms with E-state index in [1.54, 1.807) is 0 Å². The number of carboxylic acids is 1. The Kier molecular flexibility index (Phi) is 6.59. The van der Waals surface area contributed by atoms with Crippen LogP contribution in [0, 0.1) is 0 Å². The Hall–Kier alpha value is -3.64. The van der Waals surface area contributed by atoms with E-state index >= 15 is 0 Å². The normalized spacial score (nSPS) is 11.0. The highest BCUT2D eigenvalue weighted by Gasteiger charge is 2.15. The molecular weight excluding hydrogens is 392 g/mol. The number of rotatable bonds is 10. The molecule has 31 heavy (non-hydrogen) atoms. The minimum Gasteiger partial charge on any atom is -0.493 e. The van der Waals surface area contributed by atoms with E-state index in [0.717, 1.165) is 33.9 Å². The van der Waals surface area contributed by atoms with Crippen molar-refractivity contribution < 1.29 is 19.4 Å². The molecule has 0 unspecified atom stereocenters. The second-order valence-corrected chi connectivity index (χ2v) is 7.08. The summed E-state index contributed by atoms with van der Waals surface area (Å²) >= 11 is 0. The third-order valence-electron chi connectivity index (χ3n) is 4.83. The summed E-state index contributed by atoms with van der Waals surface area (Å²) in [6.07, 6.45) is 0.704. The maximum Gasteiger partial charge on any atom is 0.305 e. The second kappa shape index (κ2) is 9.91. The van der Waals surface area contributed by atoms with Gasteiger partial charge in [-0.25, -0.2) is 4.98 Å². The summed E-state index contributed by atoms with van der Waals surface area (Å²) in [7, 11) is 0. The summed E-state index contributed by atoms with van der Waals surface area (Å²) in [5.74, 6) is 0.787. The monoisotopic (exact) mass is 416 g/mol. The summed E-state index contributed by atoms with van der Waals surface area (Å²) in [4.78, 5) is 15.4. The van der Waals surface area contributed by atoms with Gasteiger partial charge in [-0.3, -0.25) is 9.36 Å². The molecule has 0 saturated heterocycles. The number of fused-ring (bicyclic) bond motifs is 1. The molecule has 0 aliphatic carbocycles. The topological polar surface area (TPSA) is 73.6 Å². The summed E-state index contributed by atoms with van der Waals surface area (Å²) in [6.45, 7) is 1.18. The molecule has 1 aromatic heterocycles. The van der Waals surface area contributed by atoms with E-state index in [1.165, 1.54) is 0 Å². The predicted molar refractivity (Wildman–Crippen MR) is 120 cm³/mol. The molecule has 3 aromatic carbocycles. The quantitative estimate of drug-likeness (QED) is 0.370. The van der Waals surface area contributed by atoms with Crippen molar-refractivity contribution >= 4 is 17.0 Å². The van der Waals surface area contributed by atoms with Crippen molar-refractivity contribution in [2.45, 2.75) is 12.8 Å². The van der Waals surface area contributed by atoms with E-state index in [1.807, 2.05) is 54.6 Å². The molecule has 0 radical (unpaired) electrons. The van der Waals surface area contributed by atoms with Gasteiger partial charge in [0.2, 0.25) is 0 Å². The van der Waals surface area contributed by atoms with Crippen molar-refractivity contribution in [1.29, 1.82) is 0 Å². The van der Waals surface area contributed by atoms with Gasteiger partial charge in [0.25, 0.3) is 0 Å². The van der Waals surface area contributed by atoms with Crippen LogP contribution in [0.3, 0.4) is 0 Å². The average Bonchev–Trinajstić information content (AvgIpc) is 3.18. The van der Waals surface area contributed by atoms with Gasteiger partial charge in [-0.1, -0.05) is 48.5 Å². The number of ether oxygens (including phenoxy) is 2. The number of carboxylic acid groups (broad SMARTS) is 1. The molecule has 0 atom stereocenters. The highest BCUT2D eigenvalue weighted by atomic mass is 16.5. The van der Waals surface area contributed by atoms with E-state index in [-0.39, 0.29) is 13.0 Å². The van der Waals surface area contributed by atoms with E-state index in [2.05, 4.69) is 28.8 Å². The van der Waals surface area contributed by atoms with E-state index in [0.29, 0.717) is 19.6 Å². The zero-order valence-corrected chi connectivity index (χ0v) is 17.1. The lowest BCUT2D eigenvalue weighted by molar-refractivity contribution is -0.138. The van der Waals surface area contributed by atoms with Crippen LogP contribution in [0.1, 0.15) is 12.8 Å². The fraction of sp³-hybridized carbons (Fsp3) is 0.200. The van der Waals surface area contributed by atoms with Gasteiger partial charge in [0.1, 0.15) is 11.6 Å². The smallest absolute Gasteiger partial charge is 0.305 e. The second-order valence-electron chi connectivity index (χ2n) is 7.08.